The van der Waals surface area contributed by atoms with Gasteiger partial charge in [-0.1, -0.05) is 35.5 Å². The van der Waals surface area contributed by atoms with Crippen molar-refractivity contribution in [3.05, 3.63) is 82.2 Å². The molecule has 1 unspecified atom stereocenters. The van der Waals surface area contributed by atoms with E-state index in [0.717, 1.165) is 25.2 Å². The molecule has 0 aliphatic carbocycles. The molecule has 0 spiro atoms. The molecular formula is C24H19FN4O5. The molecule has 0 radical (unpaired) electrons. The normalized spacial score (nSPS) is 16.0. The van der Waals surface area contributed by atoms with Crippen molar-refractivity contribution in [2.24, 2.45) is 5.73 Å². The van der Waals surface area contributed by atoms with Gasteiger partial charge < -0.3 is 19.7 Å². The van der Waals surface area contributed by atoms with Crippen LogP contribution in [0.15, 0.2) is 69.7 Å². The number of methoxy groups -OCH3 is 2. The van der Waals surface area contributed by atoms with Crippen LogP contribution in [0.5, 0.6) is 0 Å². The van der Waals surface area contributed by atoms with Gasteiger partial charge >= 0.3 is 11.9 Å². The van der Waals surface area contributed by atoms with Gasteiger partial charge in [0.1, 0.15) is 11.5 Å². The maximum absolute atomic E-state index is 15.3. The SMILES string of the molecule is COC(=O)C1=C(C(=O)OC)N(c2cc3c(C)noc3cc2F)C(N)=C(C#N)C1c1ccccc1. The fourth-order valence-electron chi connectivity index (χ4n) is 4.00. The number of fused-ring (bicyclic) bond motifs is 1. The second kappa shape index (κ2) is 8.71. The van der Waals surface area contributed by atoms with E-state index in [2.05, 4.69) is 5.16 Å². The van der Waals surface area contributed by atoms with E-state index in [9.17, 15) is 14.9 Å². The van der Waals surface area contributed by atoms with E-state index in [1.807, 2.05) is 6.07 Å². The fraction of sp³-hybridized carbons (Fsp3) is 0.167. The van der Waals surface area contributed by atoms with Crippen LogP contribution in [0, 0.1) is 24.1 Å². The average molecular weight is 462 g/mol. The van der Waals surface area contributed by atoms with Gasteiger partial charge in [-0.05, 0) is 18.6 Å². The van der Waals surface area contributed by atoms with Gasteiger partial charge in [0.05, 0.1) is 48.7 Å². The number of nitriles is 1. The quantitative estimate of drug-likeness (QED) is 0.581. The Hall–Kier alpha value is -4.65. The number of halogens is 1. The molecule has 9 nitrogen and oxygen atoms in total. The Kier molecular flexibility index (Phi) is 5.77. The molecule has 34 heavy (non-hydrogen) atoms. The largest absolute Gasteiger partial charge is 0.466 e. The Labute approximate surface area is 193 Å². The van der Waals surface area contributed by atoms with Crippen LogP contribution >= 0.6 is 0 Å². The molecule has 0 amide bonds. The standard InChI is InChI=1S/C24H19FN4O5/c1-12-14-9-17(16(25)10-18(14)34-28-12)29-21(24(31)33-3)20(23(30)32-2)19(15(11-26)22(29)27)13-7-5-4-6-8-13/h4-10,19H,27H2,1-3H3. The van der Waals surface area contributed by atoms with Crippen LogP contribution in [0.25, 0.3) is 11.0 Å². The number of carbonyl (C=O) groups excluding carboxylic acids is 2. The van der Waals surface area contributed by atoms with Crippen molar-refractivity contribution in [1.82, 2.24) is 5.16 Å². The molecule has 4 rings (SSSR count). The third-order valence-corrected chi connectivity index (χ3v) is 5.57. The van der Waals surface area contributed by atoms with E-state index in [0.29, 0.717) is 16.6 Å². The number of anilines is 1. The van der Waals surface area contributed by atoms with Crippen molar-refractivity contribution >= 4 is 28.6 Å². The maximum atomic E-state index is 15.3. The molecule has 0 saturated carbocycles. The average Bonchev–Trinajstić information content (AvgIpc) is 3.21. The highest BCUT2D eigenvalue weighted by atomic mass is 19.1. The summed E-state index contributed by atoms with van der Waals surface area (Å²) in [6.45, 7) is 1.66. The Morgan fingerprint density at radius 2 is 1.85 bits per heavy atom. The first kappa shape index (κ1) is 22.5. The van der Waals surface area contributed by atoms with Crippen molar-refractivity contribution in [3.63, 3.8) is 0 Å². The number of benzene rings is 2. The first-order valence-corrected chi connectivity index (χ1v) is 10.0. The molecule has 1 aromatic heterocycles. The number of ether oxygens (including phenoxy) is 2. The minimum Gasteiger partial charge on any atom is -0.466 e. The van der Waals surface area contributed by atoms with E-state index in [1.165, 1.54) is 6.07 Å². The van der Waals surface area contributed by atoms with Crippen LogP contribution in [0.4, 0.5) is 10.1 Å². The lowest BCUT2D eigenvalue weighted by atomic mass is 9.81. The highest BCUT2D eigenvalue weighted by molar-refractivity contribution is 6.06. The van der Waals surface area contributed by atoms with Gasteiger partial charge in [-0.15, -0.1) is 0 Å². The summed E-state index contributed by atoms with van der Waals surface area (Å²) in [6.07, 6.45) is 0. The monoisotopic (exact) mass is 462 g/mol. The van der Waals surface area contributed by atoms with Crippen molar-refractivity contribution in [1.29, 1.82) is 5.26 Å². The molecule has 2 heterocycles. The van der Waals surface area contributed by atoms with Crippen molar-refractivity contribution in [2.75, 3.05) is 19.1 Å². The lowest BCUT2D eigenvalue weighted by molar-refractivity contribution is -0.139. The number of nitrogens with two attached hydrogens (primary N) is 1. The highest BCUT2D eigenvalue weighted by Gasteiger charge is 2.43. The number of carbonyl (C=O) groups is 2. The summed E-state index contributed by atoms with van der Waals surface area (Å²) < 4.78 is 30.3. The molecule has 0 saturated heterocycles. The predicted molar refractivity (Wildman–Crippen MR) is 118 cm³/mol. The number of esters is 2. The van der Waals surface area contributed by atoms with Crippen LogP contribution in [0.3, 0.4) is 0 Å². The smallest absolute Gasteiger partial charge is 0.355 e. The predicted octanol–water partition coefficient (Wildman–Crippen LogP) is 3.17. The van der Waals surface area contributed by atoms with Crippen LogP contribution in [0.2, 0.25) is 0 Å². The summed E-state index contributed by atoms with van der Waals surface area (Å²) in [5.74, 6) is -3.98. The molecule has 10 heteroatoms. The van der Waals surface area contributed by atoms with Gasteiger partial charge in [-0.25, -0.2) is 14.0 Å². The van der Waals surface area contributed by atoms with E-state index in [4.69, 9.17) is 19.7 Å². The molecule has 1 atom stereocenters. The zero-order chi connectivity index (χ0) is 24.6. The first-order valence-electron chi connectivity index (χ1n) is 10.0. The Morgan fingerprint density at radius 1 is 1.18 bits per heavy atom. The Bertz CT molecular complexity index is 1420. The van der Waals surface area contributed by atoms with Crippen LogP contribution in [-0.4, -0.2) is 31.3 Å². The van der Waals surface area contributed by atoms with Crippen molar-refractivity contribution < 1.29 is 28.0 Å². The molecule has 0 bridgehead atoms. The second-order valence-corrected chi connectivity index (χ2v) is 7.40. The van der Waals surface area contributed by atoms with Gasteiger partial charge in [0.25, 0.3) is 0 Å². The van der Waals surface area contributed by atoms with E-state index in [-0.39, 0.29) is 33.9 Å². The van der Waals surface area contributed by atoms with Gasteiger partial charge in [-0.2, -0.15) is 5.26 Å². The summed E-state index contributed by atoms with van der Waals surface area (Å²) in [5, 5.41) is 14.3. The second-order valence-electron chi connectivity index (χ2n) is 7.40. The zero-order valence-corrected chi connectivity index (χ0v) is 18.5. The number of nitrogens with zero attached hydrogens (tertiary/aromatic N) is 3. The van der Waals surface area contributed by atoms with Gasteiger partial charge in [0, 0.05) is 11.5 Å². The lowest BCUT2D eigenvalue weighted by Crippen LogP contribution is -2.41. The summed E-state index contributed by atoms with van der Waals surface area (Å²) in [5.41, 5.74) is 6.70. The number of aromatic nitrogens is 1. The van der Waals surface area contributed by atoms with E-state index in [1.54, 1.807) is 37.3 Å². The third kappa shape index (κ3) is 3.44. The minimum absolute atomic E-state index is 0.0687. The molecule has 1 aliphatic rings. The number of hydrogen-bond acceptors (Lipinski definition) is 9. The van der Waals surface area contributed by atoms with Gasteiger partial charge in [-0.3, -0.25) is 4.90 Å². The molecule has 3 aromatic rings. The molecule has 0 fully saturated rings. The summed E-state index contributed by atoms with van der Waals surface area (Å²) in [6, 6.07) is 13.0. The highest BCUT2D eigenvalue weighted by Crippen LogP contribution is 2.44. The Morgan fingerprint density at radius 3 is 2.47 bits per heavy atom. The summed E-state index contributed by atoms with van der Waals surface area (Å²) >= 11 is 0. The van der Waals surface area contributed by atoms with Crippen LogP contribution in [-0.2, 0) is 19.1 Å². The van der Waals surface area contributed by atoms with Crippen molar-refractivity contribution in [2.45, 2.75) is 12.8 Å². The van der Waals surface area contributed by atoms with Crippen LogP contribution in [0.1, 0.15) is 17.2 Å². The molecular weight excluding hydrogens is 443 g/mol. The summed E-state index contributed by atoms with van der Waals surface area (Å²) in [4.78, 5) is 27.1. The maximum Gasteiger partial charge on any atom is 0.355 e. The number of allylic oxidation sites excluding steroid dienone is 1. The number of aryl methyl sites for hydroxylation is 1. The minimum atomic E-state index is -1.05. The number of hydrogen-bond donors (Lipinski definition) is 1. The van der Waals surface area contributed by atoms with E-state index < -0.39 is 23.7 Å². The lowest BCUT2D eigenvalue weighted by Gasteiger charge is -2.36. The number of rotatable bonds is 4. The molecule has 2 aromatic carbocycles. The van der Waals surface area contributed by atoms with Crippen LogP contribution < -0.4 is 10.6 Å². The topological polar surface area (TPSA) is 132 Å². The van der Waals surface area contributed by atoms with Crippen molar-refractivity contribution in [3.8, 4) is 6.07 Å². The Balaban J connectivity index is 2.11. The van der Waals surface area contributed by atoms with Gasteiger partial charge in [0.2, 0.25) is 0 Å². The summed E-state index contributed by atoms with van der Waals surface area (Å²) in [7, 11) is 2.25. The molecule has 2 N–H and O–H groups in total. The third-order valence-electron chi connectivity index (χ3n) is 5.57. The molecule has 172 valence electrons. The zero-order valence-electron chi connectivity index (χ0n) is 18.5. The molecule has 1 aliphatic heterocycles. The fourth-order valence-corrected chi connectivity index (χ4v) is 4.00. The first-order chi connectivity index (χ1) is 16.3. The van der Waals surface area contributed by atoms with Gasteiger partial charge in [0.15, 0.2) is 11.4 Å². The van der Waals surface area contributed by atoms with E-state index >= 15 is 4.39 Å².